The molecule has 2 aliphatic rings. The predicted octanol–water partition coefficient (Wildman–Crippen LogP) is 2.04. The summed E-state index contributed by atoms with van der Waals surface area (Å²) in [5.74, 6) is 0.0947. The zero-order valence-corrected chi connectivity index (χ0v) is 8.50. The van der Waals surface area contributed by atoms with Crippen LogP contribution >= 0.6 is 0 Å². The molecule has 1 aromatic carbocycles. The van der Waals surface area contributed by atoms with E-state index in [1.807, 2.05) is 24.3 Å². The summed E-state index contributed by atoms with van der Waals surface area (Å²) in [5.41, 5.74) is 3.07. The minimum absolute atomic E-state index is 0.0947. The second-order valence-corrected chi connectivity index (χ2v) is 3.93. The van der Waals surface area contributed by atoms with Crippen LogP contribution in [0.3, 0.4) is 0 Å². The van der Waals surface area contributed by atoms with E-state index in [9.17, 15) is 4.79 Å². The zero-order chi connectivity index (χ0) is 11.1. The lowest BCUT2D eigenvalue weighted by atomic mass is 9.91. The molecule has 1 amide bonds. The van der Waals surface area contributed by atoms with Crippen molar-refractivity contribution >= 4 is 12.3 Å². The average Bonchev–Trinajstić information content (AvgIpc) is 2.73. The molecule has 2 aliphatic heterocycles. The summed E-state index contributed by atoms with van der Waals surface area (Å²) in [6.45, 7) is 0.471. The Labute approximate surface area is 92.5 Å². The van der Waals surface area contributed by atoms with Crippen LogP contribution in [0.1, 0.15) is 17.0 Å². The molecule has 16 heavy (non-hydrogen) atoms. The quantitative estimate of drug-likeness (QED) is 0.718. The maximum Gasteiger partial charge on any atom is 0.411 e. The minimum atomic E-state index is -0.922. The molecule has 1 aromatic rings. The summed E-state index contributed by atoms with van der Waals surface area (Å²) in [6.07, 6.45) is 2.48. The van der Waals surface area contributed by atoms with Crippen LogP contribution in [0.2, 0.25) is 0 Å². The number of hydrogen-bond acceptors (Lipinski definition) is 2. The van der Waals surface area contributed by atoms with Gasteiger partial charge >= 0.3 is 6.09 Å². The van der Waals surface area contributed by atoms with Gasteiger partial charge in [-0.15, -0.1) is 0 Å². The summed E-state index contributed by atoms with van der Waals surface area (Å²) in [6, 6.07) is 7.96. The van der Waals surface area contributed by atoms with Gasteiger partial charge in [-0.2, -0.15) is 0 Å². The highest BCUT2D eigenvalue weighted by Gasteiger charge is 2.31. The first-order valence-electron chi connectivity index (χ1n) is 5.10. The first kappa shape index (κ1) is 9.15. The Morgan fingerprint density at radius 2 is 2.25 bits per heavy atom. The smallest absolute Gasteiger partial charge is 0.411 e. The lowest BCUT2D eigenvalue weighted by Crippen LogP contribution is -2.24. The van der Waals surface area contributed by atoms with E-state index in [2.05, 4.69) is 4.99 Å². The van der Waals surface area contributed by atoms with Crippen LogP contribution in [0.5, 0.6) is 0 Å². The van der Waals surface area contributed by atoms with E-state index >= 15 is 0 Å². The van der Waals surface area contributed by atoms with Crippen molar-refractivity contribution in [1.29, 1.82) is 0 Å². The van der Waals surface area contributed by atoms with Crippen molar-refractivity contribution in [2.45, 2.75) is 5.92 Å². The fourth-order valence-electron chi connectivity index (χ4n) is 2.20. The lowest BCUT2D eigenvalue weighted by Gasteiger charge is -2.19. The van der Waals surface area contributed by atoms with Crippen molar-refractivity contribution < 1.29 is 9.90 Å². The molecule has 3 rings (SSSR count). The second-order valence-electron chi connectivity index (χ2n) is 3.93. The number of amides is 1. The van der Waals surface area contributed by atoms with Gasteiger partial charge < -0.3 is 5.11 Å². The molecular weight excluding hydrogens is 204 g/mol. The predicted molar refractivity (Wildman–Crippen MR) is 59.6 cm³/mol. The largest absolute Gasteiger partial charge is 0.465 e. The highest BCUT2D eigenvalue weighted by molar-refractivity contribution is 5.85. The molecule has 0 saturated carbocycles. The molecule has 0 fully saturated rings. The maximum atomic E-state index is 10.9. The lowest BCUT2D eigenvalue weighted by molar-refractivity contribution is 0.165. The van der Waals surface area contributed by atoms with Crippen molar-refractivity contribution in [3.63, 3.8) is 0 Å². The topological polar surface area (TPSA) is 52.9 Å². The van der Waals surface area contributed by atoms with Crippen LogP contribution < -0.4 is 0 Å². The summed E-state index contributed by atoms with van der Waals surface area (Å²) in [4.78, 5) is 16.5. The van der Waals surface area contributed by atoms with Gasteiger partial charge in [0.1, 0.15) is 0 Å². The Kier molecular flexibility index (Phi) is 1.83. The molecule has 1 N–H and O–H groups in total. The normalized spacial score (nSPS) is 21.4. The molecule has 0 aliphatic carbocycles. The Morgan fingerprint density at radius 3 is 3.06 bits per heavy atom. The van der Waals surface area contributed by atoms with Crippen LogP contribution in [0.25, 0.3) is 0 Å². The van der Waals surface area contributed by atoms with Gasteiger partial charge in [0.25, 0.3) is 0 Å². The molecule has 0 bridgehead atoms. The molecule has 80 valence electrons. The van der Waals surface area contributed by atoms with E-state index in [4.69, 9.17) is 5.11 Å². The number of nitrogens with zero attached hydrogens (tertiary/aromatic N) is 2. The number of carbonyl (C=O) groups is 1. The van der Waals surface area contributed by atoms with Gasteiger partial charge in [0.05, 0.1) is 5.70 Å². The molecule has 0 spiro atoms. The summed E-state index contributed by atoms with van der Waals surface area (Å²) >= 11 is 0. The van der Waals surface area contributed by atoms with E-state index in [-0.39, 0.29) is 5.92 Å². The van der Waals surface area contributed by atoms with Gasteiger partial charge in [0, 0.05) is 24.9 Å². The standard InChI is InChI=1S/C12H10N2O2/c15-12(16)14-6-10-9-4-2-1-3-8(9)5-13-11(10)7-14/h1-5,7,10H,6H2,(H,15,16). The van der Waals surface area contributed by atoms with Crippen LogP contribution in [0.15, 0.2) is 41.2 Å². The van der Waals surface area contributed by atoms with E-state index < -0.39 is 6.09 Å². The van der Waals surface area contributed by atoms with E-state index in [0.717, 1.165) is 16.8 Å². The van der Waals surface area contributed by atoms with Crippen molar-refractivity contribution in [3.05, 3.63) is 47.3 Å². The van der Waals surface area contributed by atoms with Gasteiger partial charge in [-0.25, -0.2) is 4.79 Å². The van der Waals surface area contributed by atoms with Crippen LogP contribution in [0.4, 0.5) is 4.79 Å². The van der Waals surface area contributed by atoms with Gasteiger partial charge in [-0.05, 0) is 11.1 Å². The SMILES string of the molecule is O=C(O)N1C=C2N=Cc3ccccc3C2C1. The molecule has 0 saturated heterocycles. The molecule has 4 nitrogen and oxygen atoms in total. The monoisotopic (exact) mass is 214 g/mol. The number of fused-ring (bicyclic) bond motifs is 3. The highest BCUT2D eigenvalue weighted by atomic mass is 16.4. The van der Waals surface area contributed by atoms with Gasteiger partial charge in [-0.3, -0.25) is 9.89 Å². The van der Waals surface area contributed by atoms with Gasteiger partial charge in [-0.1, -0.05) is 24.3 Å². The third-order valence-electron chi connectivity index (χ3n) is 2.99. The van der Waals surface area contributed by atoms with E-state index in [1.165, 1.54) is 4.90 Å². The van der Waals surface area contributed by atoms with E-state index in [0.29, 0.717) is 6.54 Å². The van der Waals surface area contributed by atoms with Gasteiger partial charge in [0.2, 0.25) is 0 Å². The highest BCUT2D eigenvalue weighted by Crippen LogP contribution is 2.36. The Hall–Kier alpha value is -2.10. The summed E-state index contributed by atoms with van der Waals surface area (Å²) in [7, 11) is 0. The van der Waals surface area contributed by atoms with Crippen LogP contribution in [-0.2, 0) is 0 Å². The number of hydrogen-bond donors (Lipinski definition) is 1. The Bertz CT molecular complexity index is 520. The van der Waals surface area contributed by atoms with Crippen molar-refractivity contribution in [2.24, 2.45) is 4.99 Å². The molecule has 0 radical (unpaired) electrons. The summed E-state index contributed by atoms with van der Waals surface area (Å²) in [5, 5.41) is 8.94. The maximum absolute atomic E-state index is 10.9. The Balaban J connectivity index is 2.04. The molecule has 0 aromatic heterocycles. The van der Waals surface area contributed by atoms with Crippen molar-refractivity contribution in [1.82, 2.24) is 4.90 Å². The molecular formula is C12H10N2O2. The van der Waals surface area contributed by atoms with Crippen molar-refractivity contribution in [2.75, 3.05) is 6.54 Å². The number of carboxylic acid groups (broad SMARTS) is 1. The number of aliphatic imine (C=N–C) groups is 1. The average molecular weight is 214 g/mol. The first-order valence-corrected chi connectivity index (χ1v) is 5.10. The molecule has 4 heteroatoms. The second kappa shape index (κ2) is 3.20. The van der Waals surface area contributed by atoms with Crippen molar-refractivity contribution in [3.8, 4) is 0 Å². The first-order chi connectivity index (χ1) is 7.75. The van der Waals surface area contributed by atoms with Crippen LogP contribution in [0, 0.1) is 0 Å². The van der Waals surface area contributed by atoms with Crippen LogP contribution in [-0.4, -0.2) is 28.9 Å². The third-order valence-corrected chi connectivity index (χ3v) is 2.99. The third kappa shape index (κ3) is 1.23. The number of benzene rings is 1. The number of rotatable bonds is 0. The molecule has 1 atom stereocenters. The fraction of sp³-hybridized carbons (Fsp3) is 0.167. The van der Waals surface area contributed by atoms with Gasteiger partial charge in [0.15, 0.2) is 0 Å². The summed E-state index contributed by atoms with van der Waals surface area (Å²) < 4.78 is 0. The van der Waals surface area contributed by atoms with E-state index in [1.54, 1.807) is 12.4 Å². The zero-order valence-electron chi connectivity index (χ0n) is 8.50. The molecule has 1 unspecified atom stereocenters. The molecule has 2 heterocycles. The minimum Gasteiger partial charge on any atom is -0.465 e. The Morgan fingerprint density at radius 1 is 1.44 bits per heavy atom. The fourth-order valence-corrected chi connectivity index (χ4v) is 2.20.